The topological polar surface area (TPSA) is 79.8 Å². The van der Waals surface area contributed by atoms with Gasteiger partial charge in [-0.2, -0.15) is 5.10 Å². The van der Waals surface area contributed by atoms with Gasteiger partial charge in [0.25, 0.3) is 5.91 Å². The van der Waals surface area contributed by atoms with Crippen LogP contribution in [0.4, 0.5) is 0 Å². The summed E-state index contributed by atoms with van der Waals surface area (Å²) in [6.07, 6.45) is 3.94. The fraction of sp³-hybridized carbons (Fsp3) is 0.318. The third-order valence-electron chi connectivity index (χ3n) is 5.46. The normalized spacial score (nSPS) is 14.6. The summed E-state index contributed by atoms with van der Waals surface area (Å²) in [5, 5.41) is 7.53. The van der Waals surface area contributed by atoms with E-state index in [9.17, 15) is 9.59 Å². The van der Waals surface area contributed by atoms with E-state index in [1.807, 2.05) is 55.8 Å². The Labute approximate surface area is 164 Å². The zero-order valence-electron chi connectivity index (χ0n) is 16.4. The monoisotopic (exact) mass is 376 g/mol. The summed E-state index contributed by atoms with van der Waals surface area (Å²) in [5.74, 6) is -0.166. The Morgan fingerprint density at radius 1 is 1.21 bits per heavy atom. The predicted molar refractivity (Wildman–Crippen MR) is 107 cm³/mol. The number of benzene rings is 1. The maximum atomic E-state index is 13.0. The second-order valence-corrected chi connectivity index (χ2v) is 7.38. The molecule has 6 nitrogen and oxygen atoms in total. The maximum Gasteiger partial charge on any atom is 0.254 e. The Morgan fingerprint density at radius 3 is 2.71 bits per heavy atom. The Kier molecular flexibility index (Phi) is 4.63. The van der Waals surface area contributed by atoms with Crippen LogP contribution in [0.2, 0.25) is 0 Å². The molecule has 3 aromatic rings. The van der Waals surface area contributed by atoms with Crippen LogP contribution in [0.25, 0.3) is 5.69 Å². The number of nitrogens with zero attached hydrogens (tertiary/aromatic N) is 2. The lowest BCUT2D eigenvalue weighted by atomic mass is 9.93. The van der Waals surface area contributed by atoms with E-state index in [2.05, 4.69) is 15.4 Å². The van der Waals surface area contributed by atoms with Gasteiger partial charge in [0.05, 0.1) is 29.1 Å². The molecule has 2 heterocycles. The van der Waals surface area contributed by atoms with Crippen molar-refractivity contribution in [1.82, 2.24) is 20.1 Å². The first-order valence-electron chi connectivity index (χ1n) is 9.62. The van der Waals surface area contributed by atoms with E-state index in [4.69, 9.17) is 0 Å². The fourth-order valence-electron chi connectivity index (χ4n) is 4.04. The minimum atomic E-state index is -0.228. The number of amides is 1. The average Bonchev–Trinajstić information content (AvgIpc) is 3.22. The molecule has 0 unspecified atom stereocenters. The minimum Gasteiger partial charge on any atom is -0.361 e. The second kappa shape index (κ2) is 7.11. The summed E-state index contributed by atoms with van der Waals surface area (Å²) in [5.41, 5.74) is 5.60. The van der Waals surface area contributed by atoms with Crippen molar-refractivity contribution in [2.75, 3.05) is 0 Å². The number of nitrogens with one attached hydrogen (secondary N) is 2. The summed E-state index contributed by atoms with van der Waals surface area (Å²) in [6, 6.07) is 9.66. The highest BCUT2D eigenvalue weighted by molar-refractivity contribution is 6.10. The van der Waals surface area contributed by atoms with Crippen LogP contribution in [0.3, 0.4) is 0 Å². The number of Topliss-reactive ketones (excluding diaryl/α,β-unsaturated/α-hetero) is 1. The molecule has 1 atom stereocenters. The number of aromatic amines is 1. The van der Waals surface area contributed by atoms with Gasteiger partial charge in [-0.05, 0) is 45.7 Å². The summed E-state index contributed by atoms with van der Waals surface area (Å²) in [7, 11) is 0. The number of ketones is 1. The second-order valence-electron chi connectivity index (χ2n) is 7.38. The highest BCUT2D eigenvalue weighted by Crippen LogP contribution is 2.28. The lowest BCUT2D eigenvalue weighted by Crippen LogP contribution is -2.29. The molecule has 28 heavy (non-hydrogen) atoms. The van der Waals surface area contributed by atoms with Gasteiger partial charge in [0.2, 0.25) is 0 Å². The molecule has 2 aromatic heterocycles. The number of carbonyl (C=O) groups excluding carboxylic acids is 2. The minimum absolute atomic E-state index is 0.0523. The van der Waals surface area contributed by atoms with Crippen molar-refractivity contribution in [3.05, 3.63) is 70.3 Å². The third kappa shape index (κ3) is 3.05. The van der Waals surface area contributed by atoms with Crippen LogP contribution < -0.4 is 5.32 Å². The molecule has 0 fully saturated rings. The molecule has 0 aliphatic heterocycles. The van der Waals surface area contributed by atoms with Gasteiger partial charge in [-0.3, -0.25) is 9.59 Å². The summed E-state index contributed by atoms with van der Waals surface area (Å²) < 4.78 is 1.87. The lowest BCUT2D eigenvalue weighted by molar-refractivity contribution is 0.0918. The average molecular weight is 376 g/mol. The van der Waals surface area contributed by atoms with E-state index in [0.717, 1.165) is 41.2 Å². The molecule has 0 bridgehead atoms. The zero-order chi connectivity index (χ0) is 19.8. The van der Waals surface area contributed by atoms with Gasteiger partial charge >= 0.3 is 0 Å². The van der Waals surface area contributed by atoms with Crippen molar-refractivity contribution in [2.24, 2.45) is 0 Å². The van der Waals surface area contributed by atoms with E-state index >= 15 is 0 Å². The van der Waals surface area contributed by atoms with Crippen LogP contribution in [0.15, 0.2) is 36.5 Å². The van der Waals surface area contributed by atoms with E-state index in [1.165, 1.54) is 0 Å². The SMILES string of the molecule is Cc1[nH]c2c(c1C(=O)N[C@@H](C)c1cnn(-c3ccccc3)c1C)C(=O)CCC2. The van der Waals surface area contributed by atoms with Crippen LogP contribution >= 0.6 is 0 Å². The fourth-order valence-corrected chi connectivity index (χ4v) is 4.04. The number of para-hydroxylation sites is 1. The van der Waals surface area contributed by atoms with Crippen molar-refractivity contribution < 1.29 is 9.59 Å². The largest absolute Gasteiger partial charge is 0.361 e. The Bertz CT molecular complexity index is 1050. The van der Waals surface area contributed by atoms with Crippen LogP contribution in [0.1, 0.15) is 69.2 Å². The van der Waals surface area contributed by atoms with Gasteiger partial charge in [0.15, 0.2) is 5.78 Å². The summed E-state index contributed by atoms with van der Waals surface area (Å²) in [4.78, 5) is 28.6. The molecule has 0 saturated carbocycles. The Balaban J connectivity index is 1.59. The predicted octanol–water partition coefficient (Wildman–Crippen LogP) is 3.83. The van der Waals surface area contributed by atoms with Crippen LogP contribution in [0, 0.1) is 13.8 Å². The van der Waals surface area contributed by atoms with Crippen LogP contribution in [0.5, 0.6) is 0 Å². The quantitative estimate of drug-likeness (QED) is 0.726. The number of carbonyl (C=O) groups is 2. The number of H-pyrrole nitrogens is 1. The Hall–Kier alpha value is -3.15. The maximum absolute atomic E-state index is 13.0. The van der Waals surface area contributed by atoms with E-state index < -0.39 is 0 Å². The first-order valence-corrected chi connectivity index (χ1v) is 9.62. The first kappa shape index (κ1) is 18.2. The highest BCUT2D eigenvalue weighted by Gasteiger charge is 2.29. The summed E-state index contributed by atoms with van der Waals surface area (Å²) >= 11 is 0. The molecule has 1 aliphatic rings. The van der Waals surface area contributed by atoms with Gasteiger partial charge < -0.3 is 10.3 Å². The molecule has 1 aliphatic carbocycles. The molecule has 6 heteroatoms. The standard InChI is InChI=1S/C22H24N4O2/c1-13(17-12-23-26(15(17)3)16-8-5-4-6-9-16)25-22(28)20-14(2)24-18-10-7-11-19(27)21(18)20/h4-6,8-9,12-13,24H,7,10-11H2,1-3H3,(H,25,28)/t13-/m0/s1. The zero-order valence-corrected chi connectivity index (χ0v) is 16.4. The van der Waals surface area contributed by atoms with Crippen molar-refractivity contribution in [3.63, 3.8) is 0 Å². The van der Waals surface area contributed by atoms with E-state index in [-0.39, 0.29) is 17.7 Å². The van der Waals surface area contributed by atoms with E-state index in [1.54, 1.807) is 6.20 Å². The summed E-state index contributed by atoms with van der Waals surface area (Å²) in [6.45, 7) is 5.78. The molecule has 1 amide bonds. The van der Waals surface area contributed by atoms with Gasteiger partial charge in [0.1, 0.15) is 0 Å². The molecule has 144 valence electrons. The molecular formula is C22H24N4O2. The van der Waals surface area contributed by atoms with Gasteiger partial charge in [-0.1, -0.05) is 18.2 Å². The van der Waals surface area contributed by atoms with Crippen molar-refractivity contribution in [2.45, 2.75) is 46.1 Å². The van der Waals surface area contributed by atoms with Crippen molar-refractivity contribution in [1.29, 1.82) is 0 Å². The molecule has 4 rings (SSSR count). The van der Waals surface area contributed by atoms with Crippen LogP contribution in [-0.2, 0) is 6.42 Å². The lowest BCUT2D eigenvalue weighted by Gasteiger charge is -2.16. The van der Waals surface area contributed by atoms with Crippen molar-refractivity contribution in [3.8, 4) is 5.69 Å². The van der Waals surface area contributed by atoms with Gasteiger partial charge in [-0.25, -0.2) is 4.68 Å². The number of rotatable bonds is 4. The smallest absolute Gasteiger partial charge is 0.254 e. The first-order chi connectivity index (χ1) is 13.5. The third-order valence-corrected chi connectivity index (χ3v) is 5.46. The van der Waals surface area contributed by atoms with Gasteiger partial charge in [0, 0.05) is 29.1 Å². The molecule has 2 N–H and O–H groups in total. The molecule has 1 aromatic carbocycles. The number of aromatic nitrogens is 3. The Morgan fingerprint density at radius 2 is 1.96 bits per heavy atom. The van der Waals surface area contributed by atoms with Gasteiger partial charge in [-0.15, -0.1) is 0 Å². The number of fused-ring (bicyclic) bond motifs is 1. The number of hydrogen-bond acceptors (Lipinski definition) is 3. The molecule has 0 saturated heterocycles. The number of hydrogen-bond donors (Lipinski definition) is 2. The highest BCUT2D eigenvalue weighted by atomic mass is 16.2. The number of aryl methyl sites for hydroxylation is 2. The van der Waals surface area contributed by atoms with E-state index in [0.29, 0.717) is 17.5 Å². The molecular weight excluding hydrogens is 352 g/mol. The molecule has 0 spiro atoms. The molecule has 0 radical (unpaired) electrons. The van der Waals surface area contributed by atoms with Crippen molar-refractivity contribution >= 4 is 11.7 Å². The van der Waals surface area contributed by atoms with Crippen LogP contribution in [-0.4, -0.2) is 26.5 Å².